The summed E-state index contributed by atoms with van der Waals surface area (Å²) in [6.45, 7) is 4.43. The van der Waals surface area contributed by atoms with Crippen LogP contribution in [0.15, 0.2) is 18.2 Å². The fraction of sp³-hybridized carbons (Fsp3) is 0.632. The topological polar surface area (TPSA) is 35.5 Å². The first-order chi connectivity index (χ1) is 10.5. The molecule has 0 spiro atoms. The number of fused-ring (bicyclic) bond motifs is 3. The Labute approximate surface area is 133 Å². The van der Waals surface area contributed by atoms with Gasteiger partial charge < -0.3 is 9.47 Å². The van der Waals surface area contributed by atoms with Crippen molar-refractivity contribution in [1.82, 2.24) is 0 Å². The molecule has 1 aromatic carbocycles. The Balaban J connectivity index is 2.09. The molecule has 0 heterocycles. The molecule has 1 saturated carbocycles. The number of methoxy groups -OCH3 is 2. The third kappa shape index (κ3) is 2.05. The first-order valence-corrected chi connectivity index (χ1v) is 8.21. The maximum atomic E-state index is 12.5. The van der Waals surface area contributed by atoms with Crippen LogP contribution >= 0.6 is 0 Å². The second kappa shape index (κ2) is 5.29. The number of hydrogen-bond donors (Lipinski definition) is 0. The summed E-state index contributed by atoms with van der Waals surface area (Å²) in [7, 11) is 3.23. The van der Waals surface area contributed by atoms with Gasteiger partial charge in [-0.3, -0.25) is 4.79 Å². The summed E-state index contributed by atoms with van der Waals surface area (Å²) < 4.78 is 10.6. The van der Waals surface area contributed by atoms with E-state index in [2.05, 4.69) is 26.0 Å². The lowest BCUT2D eigenvalue weighted by atomic mass is 9.50. The molecule has 3 atom stereocenters. The molecular formula is C19H26O3. The molecular weight excluding hydrogens is 276 g/mol. The monoisotopic (exact) mass is 302 g/mol. The average Bonchev–Trinajstić information content (AvgIpc) is 2.53. The summed E-state index contributed by atoms with van der Waals surface area (Å²) in [5.41, 5.74) is 2.44. The second-order valence-electron chi connectivity index (χ2n) is 7.29. The molecule has 0 aliphatic heterocycles. The van der Waals surface area contributed by atoms with Gasteiger partial charge in [-0.2, -0.15) is 0 Å². The molecule has 2 aliphatic rings. The zero-order chi connectivity index (χ0) is 16.0. The maximum absolute atomic E-state index is 12.5. The highest BCUT2D eigenvalue weighted by Crippen LogP contribution is 2.57. The number of carbonyl (C=O) groups excluding carboxylic acids is 1. The third-order valence-electron chi connectivity index (χ3n) is 6.22. The molecule has 0 amide bonds. The van der Waals surface area contributed by atoms with Crippen molar-refractivity contribution in [3.8, 4) is 5.75 Å². The van der Waals surface area contributed by atoms with E-state index in [1.54, 1.807) is 7.11 Å². The smallest absolute Gasteiger partial charge is 0.311 e. The highest BCUT2D eigenvalue weighted by atomic mass is 16.5. The van der Waals surface area contributed by atoms with Crippen molar-refractivity contribution in [3.05, 3.63) is 29.3 Å². The lowest BCUT2D eigenvalue weighted by molar-refractivity contribution is -0.161. The minimum Gasteiger partial charge on any atom is -0.497 e. The van der Waals surface area contributed by atoms with Gasteiger partial charge in [0.15, 0.2) is 0 Å². The Bertz CT molecular complexity index is 594. The summed E-state index contributed by atoms with van der Waals surface area (Å²) in [5, 5.41) is 0. The standard InChI is InChI=1S/C19H26O3/c1-18-10-5-11-19(2,17(20)22-4)16(18)9-7-13-6-8-14(21-3)12-15(13)18/h6,8,12,16H,5,7,9-11H2,1-4H3/t16?,18?,19-/m0/s1. The van der Waals surface area contributed by atoms with E-state index in [4.69, 9.17) is 9.47 Å². The van der Waals surface area contributed by atoms with E-state index in [1.807, 2.05) is 6.07 Å². The number of aryl methyl sites for hydroxylation is 1. The van der Waals surface area contributed by atoms with Crippen molar-refractivity contribution in [2.75, 3.05) is 14.2 Å². The van der Waals surface area contributed by atoms with Crippen LogP contribution in [-0.2, 0) is 21.4 Å². The van der Waals surface area contributed by atoms with Gasteiger partial charge in [-0.05, 0) is 67.2 Å². The van der Waals surface area contributed by atoms with Crippen LogP contribution in [0.5, 0.6) is 5.75 Å². The lowest BCUT2D eigenvalue weighted by Crippen LogP contribution is -2.52. The average molecular weight is 302 g/mol. The van der Waals surface area contributed by atoms with Gasteiger partial charge in [0.05, 0.1) is 19.6 Å². The molecule has 0 aromatic heterocycles. The number of ether oxygens (including phenoxy) is 2. The fourth-order valence-corrected chi connectivity index (χ4v) is 5.04. The van der Waals surface area contributed by atoms with E-state index >= 15 is 0 Å². The zero-order valence-corrected chi connectivity index (χ0v) is 14.1. The molecule has 2 unspecified atom stereocenters. The largest absolute Gasteiger partial charge is 0.497 e. The van der Waals surface area contributed by atoms with Crippen LogP contribution in [-0.4, -0.2) is 20.2 Å². The number of rotatable bonds is 2. The van der Waals surface area contributed by atoms with Gasteiger partial charge >= 0.3 is 5.97 Å². The normalized spacial score (nSPS) is 33.5. The Morgan fingerprint density at radius 2 is 2.00 bits per heavy atom. The third-order valence-corrected chi connectivity index (χ3v) is 6.22. The molecule has 22 heavy (non-hydrogen) atoms. The van der Waals surface area contributed by atoms with Gasteiger partial charge in [0, 0.05) is 0 Å². The van der Waals surface area contributed by atoms with Crippen LogP contribution in [0.25, 0.3) is 0 Å². The number of benzene rings is 1. The van der Waals surface area contributed by atoms with Crippen LogP contribution in [0, 0.1) is 11.3 Å². The van der Waals surface area contributed by atoms with Gasteiger partial charge in [-0.15, -0.1) is 0 Å². The van der Waals surface area contributed by atoms with Crippen molar-refractivity contribution in [3.63, 3.8) is 0 Å². The number of hydrogen-bond acceptors (Lipinski definition) is 3. The van der Waals surface area contributed by atoms with Crippen LogP contribution in [0.3, 0.4) is 0 Å². The second-order valence-corrected chi connectivity index (χ2v) is 7.29. The van der Waals surface area contributed by atoms with E-state index in [1.165, 1.54) is 18.2 Å². The summed E-state index contributed by atoms with van der Waals surface area (Å²) in [5.74, 6) is 1.20. The molecule has 1 fully saturated rings. The molecule has 3 heteroatoms. The van der Waals surface area contributed by atoms with E-state index in [-0.39, 0.29) is 16.8 Å². The van der Waals surface area contributed by atoms with E-state index in [9.17, 15) is 4.79 Å². The van der Waals surface area contributed by atoms with Crippen molar-refractivity contribution >= 4 is 5.97 Å². The number of esters is 1. The first-order valence-electron chi connectivity index (χ1n) is 8.21. The van der Waals surface area contributed by atoms with Gasteiger partial charge in [0.1, 0.15) is 5.75 Å². The minimum atomic E-state index is -0.373. The maximum Gasteiger partial charge on any atom is 0.311 e. The first kappa shape index (κ1) is 15.4. The summed E-state index contributed by atoms with van der Waals surface area (Å²) >= 11 is 0. The Hall–Kier alpha value is -1.51. The summed E-state index contributed by atoms with van der Waals surface area (Å²) in [4.78, 5) is 12.5. The zero-order valence-electron chi connectivity index (χ0n) is 14.1. The Morgan fingerprint density at radius 1 is 1.23 bits per heavy atom. The highest BCUT2D eigenvalue weighted by Gasteiger charge is 2.55. The molecule has 0 bridgehead atoms. The van der Waals surface area contributed by atoms with Gasteiger partial charge in [-0.25, -0.2) is 0 Å². The van der Waals surface area contributed by atoms with E-state index < -0.39 is 0 Å². The molecule has 120 valence electrons. The predicted molar refractivity (Wildman–Crippen MR) is 86.1 cm³/mol. The Kier molecular flexibility index (Phi) is 3.70. The molecule has 3 rings (SSSR count). The van der Waals surface area contributed by atoms with Gasteiger partial charge in [0.2, 0.25) is 0 Å². The summed E-state index contributed by atoms with van der Waals surface area (Å²) in [6.07, 6.45) is 5.21. The molecule has 0 N–H and O–H groups in total. The number of carbonyl (C=O) groups is 1. The fourth-order valence-electron chi connectivity index (χ4n) is 5.04. The molecule has 1 aromatic rings. The summed E-state index contributed by atoms with van der Waals surface area (Å²) in [6, 6.07) is 6.43. The van der Waals surface area contributed by atoms with Crippen molar-refractivity contribution < 1.29 is 14.3 Å². The van der Waals surface area contributed by atoms with Gasteiger partial charge in [-0.1, -0.05) is 19.4 Å². The highest BCUT2D eigenvalue weighted by molar-refractivity contribution is 5.77. The molecule has 0 radical (unpaired) electrons. The SMILES string of the molecule is COC(=O)[C@@]1(C)CCCC2(C)c3cc(OC)ccc3CCC21. The van der Waals surface area contributed by atoms with Gasteiger partial charge in [0.25, 0.3) is 0 Å². The van der Waals surface area contributed by atoms with Crippen LogP contribution in [0.1, 0.15) is 50.7 Å². The van der Waals surface area contributed by atoms with Crippen molar-refractivity contribution in [1.29, 1.82) is 0 Å². The predicted octanol–water partition coefficient (Wildman–Crippen LogP) is 3.88. The van der Waals surface area contributed by atoms with E-state index in [0.717, 1.165) is 37.9 Å². The Morgan fingerprint density at radius 3 is 2.68 bits per heavy atom. The van der Waals surface area contributed by atoms with Crippen molar-refractivity contribution in [2.24, 2.45) is 11.3 Å². The van der Waals surface area contributed by atoms with Crippen LogP contribution in [0.4, 0.5) is 0 Å². The van der Waals surface area contributed by atoms with Crippen LogP contribution in [0.2, 0.25) is 0 Å². The van der Waals surface area contributed by atoms with Crippen molar-refractivity contribution in [2.45, 2.75) is 51.4 Å². The quantitative estimate of drug-likeness (QED) is 0.778. The van der Waals surface area contributed by atoms with E-state index in [0.29, 0.717) is 5.92 Å². The molecule has 2 aliphatic carbocycles. The lowest BCUT2D eigenvalue weighted by Gasteiger charge is -2.54. The minimum absolute atomic E-state index is 0.0311. The van der Waals surface area contributed by atoms with Crippen LogP contribution < -0.4 is 4.74 Å². The molecule has 3 nitrogen and oxygen atoms in total. The molecule has 0 saturated heterocycles.